The molecule has 2 rings (SSSR count). The molecular formula is C15H27N3O3. The van der Waals surface area contributed by atoms with Crippen LogP contribution in [0.3, 0.4) is 0 Å². The van der Waals surface area contributed by atoms with Crippen LogP contribution in [0.1, 0.15) is 29.8 Å². The summed E-state index contributed by atoms with van der Waals surface area (Å²) >= 11 is 0. The van der Waals surface area contributed by atoms with E-state index in [2.05, 4.69) is 17.3 Å². The molecule has 0 saturated carbocycles. The van der Waals surface area contributed by atoms with E-state index < -0.39 is 6.10 Å². The Morgan fingerprint density at radius 1 is 1.52 bits per heavy atom. The van der Waals surface area contributed by atoms with Gasteiger partial charge in [0.25, 0.3) is 0 Å². The number of nitrogens with one attached hydrogen (secondary N) is 1. The van der Waals surface area contributed by atoms with E-state index in [1.807, 2.05) is 18.7 Å². The maximum atomic E-state index is 9.90. The van der Waals surface area contributed by atoms with Crippen molar-refractivity contribution in [2.24, 2.45) is 7.05 Å². The zero-order chi connectivity index (χ0) is 15.2. The second-order valence-electron chi connectivity index (χ2n) is 5.73. The fraction of sp³-hybridized carbons (Fsp3) is 0.800. The normalized spacial score (nSPS) is 20.1. The van der Waals surface area contributed by atoms with E-state index in [9.17, 15) is 5.11 Å². The molecule has 2 heterocycles. The van der Waals surface area contributed by atoms with Crippen LogP contribution >= 0.6 is 0 Å². The highest BCUT2D eigenvalue weighted by Crippen LogP contribution is 2.12. The van der Waals surface area contributed by atoms with Crippen LogP contribution in [0.5, 0.6) is 0 Å². The molecule has 1 aromatic rings. The van der Waals surface area contributed by atoms with E-state index in [-0.39, 0.29) is 6.10 Å². The van der Waals surface area contributed by atoms with Gasteiger partial charge in [-0.05, 0) is 26.7 Å². The van der Waals surface area contributed by atoms with E-state index in [1.165, 1.54) is 5.56 Å². The highest BCUT2D eigenvalue weighted by atomic mass is 16.5. The molecule has 0 aliphatic carbocycles. The lowest BCUT2D eigenvalue weighted by Crippen LogP contribution is -2.31. The second kappa shape index (κ2) is 7.89. The van der Waals surface area contributed by atoms with Gasteiger partial charge in [-0.3, -0.25) is 4.68 Å². The Morgan fingerprint density at radius 3 is 2.95 bits per heavy atom. The van der Waals surface area contributed by atoms with Crippen molar-refractivity contribution in [1.82, 2.24) is 15.1 Å². The lowest BCUT2D eigenvalue weighted by molar-refractivity contribution is -0.0164. The molecule has 1 fully saturated rings. The Hall–Kier alpha value is -0.950. The summed E-state index contributed by atoms with van der Waals surface area (Å²) in [5, 5.41) is 17.5. The SMILES string of the molecule is Cc1nn(C)c(C)c1CNCC(O)COCC1CCCO1. The Bertz CT molecular complexity index is 442. The molecule has 2 N–H and O–H groups in total. The van der Waals surface area contributed by atoms with Crippen LogP contribution in [0.2, 0.25) is 0 Å². The first-order valence-electron chi connectivity index (χ1n) is 7.65. The maximum absolute atomic E-state index is 9.90. The van der Waals surface area contributed by atoms with Gasteiger partial charge < -0.3 is 19.9 Å². The van der Waals surface area contributed by atoms with E-state index in [0.29, 0.717) is 26.3 Å². The summed E-state index contributed by atoms with van der Waals surface area (Å²) in [4.78, 5) is 0. The highest BCUT2D eigenvalue weighted by molar-refractivity contribution is 5.23. The maximum Gasteiger partial charge on any atom is 0.0897 e. The predicted molar refractivity (Wildman–Crippen MR) is 80.2 cm³/mol. The third-order valence-electron chi connectivity index (χ3n) is 3.98. The number of nitrogens with zero attached hydrogens (tertiary/aromatic N) is 2. The van der Waals surface area contributed by atoms with Crippen molar-refractivity contribution in [1.29, 1.82) is 0 Å². The summed E-state index contributed by atoms with van der Waals surface area (Å²) in [6.07, 6.45) is 1.89. The van der Waals surface area contributed by atoms with E-state index in [1.54, 1.807) is 0 Å². The molecule has 0 bridgehead atoms. The van der Waals surface area contributed by atoms with Crippen molar-refractivity contribution in [3.8, 4) is 0 Å². The van der Waals surface area contributed by atoms with Crippen molar-refractivity contribution in [2.45, 2.75) is 45.4 Å². The molecule has 0 spiro atoms. The van der Waals surface area contributed by atoms with Crippen LogP contribution in [0.4, 0.5) is 0 Å². The Kier molecular flexibility index (Phi) is 6.17. The van der Waals surface area contributed by atoms with E-state index >= 15 is 0 Å². The lowest BCUT2D eigenvalue weighted by atomic mass is 10.2. The molecule has 120 valence electrons. The van der Waals surface area contributed by atoms with Crippen molar-refractivity contribution in [2.75, 3.05) is 26.4 Å². The van der Waals surface area contributed by atoms with Gasteiger partial charge in [0.1, 0.15) is 0 Å². The molecule has 6 nitrogen and oxygen atoms in total. The van der Waals surface area contributed by atoms with Crippen LogP contribution in [-0.4, -0.2) is 53.5 Å². The average molecular weight is 297 g/mol. The summed E-state index contributed by atoms with van der Waals surface area (Å²) in [7, 11) is 1.94. The van der Waals surface area contributed by atoms with Gasteiger partial charge in [-0.25, -0.2) is 0 Å². The molecule has 1 aliphatic heterocycles. The summed E-state index contributed by atoms with van der Waals surface area (Å²) in [6, 6.07) is 0. The first-order chi connectivity index (χ1) is 10.1. The molecule has 0 aromatic carbocycles. The lowest BCUT2D eigenvalue weighted by Gasteiger charge is -2.14. The van der Waals surface area contributed by atoms with E-state index in [4.69, 9.17) is 9.47 Å². The number of hydrogen-bond donors (Lipinski definition) is 2. The molecule has 21 heavy (non-hydrogen) atoms. The van der Waals surface area contributed by atoms with Crippen molar-refractivity contribution in [3.63, 3.8) is 0 Å². The first kappa shape index (κ1) is 16.4. The van der Waals surface area contributed by atoms with Gasteiger partial charge in [-0.2, -0.15) is 5.10 Å². The number of aryl methyl sites for hydroxylation is 2. The summed E-state index contributed by atoms with van der Waals surface area (Å²) < 4.78 is 12.9. The molecule has 6 heteroatoms. The first-order valence-corrected chi connectivity index (χ1v) is 7.65. The van der Waals surface area contributed by atoms with Gasteiger partial charge in [-0.15, -0.1) is 0 Å². The number of hydrogen-bond acceptors (Lipinski definition) is 5. The minimum atomic E-state index is -0.497. The fourth-order valence-corrected chi connectivity index (χ4v) is 2.61. The van der Waals surface area contributed by atoms with Crippen LogP contribution < -0.4 is 5.32 Å². The molecule has 0 radical (unpaired) electrons. The minimum Gasteiger partial charge on any atom is -0.389 e. The van der Waals surface area contributed by atoms with Gasteiger partial charge in [-0.1, -0.05) is 0 Å². The number of ether oxygens (including phenoxy) is 2. The van der Waals surface area contributed by atoms with Gasteiger partial charge in [0, 0.05) is 38.0 Å². The van der Waals surface area contributed by atoms with Crippen LogP contribution in [-0.2, 0) is 23.1 Å². The Balaban J connectivity index is 1.61. The zero-order valence-electron chi connectivity index (χ0n) is 13.3. The Morgan fingerprint density at radius 2 is 2.33 bits per heavy atom. The van der Waals surface area contributed by atoms with Crippen molar-refractivity contribution in [3.05, 3.63) is 17.0 Å². The van der Waals surface area contributed by atoms with Gasteiger partial charge in [0.15, 0.2) is 0 Å². The molecule has 1 aromatic heterocycles. The standard InChI is InChI=1S/C15H27N3O3/c1-11-15(12(2)18(3)17-11)8-16-7-13(19)9-20-10-14-5-4-6-21-14/h13-14,16,19H,4-10H2,1-3H3. The van der Waals surface area contributed by atoms with Gasteiger partial charge in [0.2, 0.25) is 0 Å². The van der Waals surface area contributed by atoms with Crippen LogP contribution in [0, 0.1) is 13.8 Å². The smallest absolute Gasteiger partial charge is 0.0897 e. The van der Waals surface area contributed by atoms with Gasteiger partial charge >= 0.3 is 0 Å². The van der Waals surface area contributed by atoms with Crippen LogP contribution in [0.15, 0.2) is 0 Å². The minimum absolute atomic E-state index is 0.214. The largest absolute Gasteiger partial charge is 0.389 e. The average Bonchev–Trinajstić information content (AvgIpc) is 3.03. The van der Waals surface area contributed by atoms with E-state index in [0.717, 1.165) is 30.8 Å². The van der Waals surface area contributed by atoms with Gasteiger partial charge in [0.05, 0.1) is 31.1 Å². The monoisotopic (exact) mass is 297 g/mol. The number of aliphatic hydroxyl groups is 1. The van der Waals surface area contributed by atoms with Crippen molar-refractivity contribution < 1.29 is 14.6 Å². The molecular weight excluding hydrogens is 270 g/mol. The zero-order valence-corrected chi connectivity index (χ0v) is 13.3. The number of aromatic nitrogens is 2. The van der Waals surface area contributed by atoms with Crippen molar-refractivity contribution >= 4 is 0 Å². The molecule has 1 aliphatic rings. The molecule has 1 saturated heterocycles. The third-order valence-corrected chi connectivity index (χ3v) is 3.98. The molecule has 2 atom stereocenters. The van der Waals surface area contributed by atoms with Crippen LogP contribution in [0.25, 0.3) is 0 Å². The topological polar surface area (TPSA) is 68.5 Å². The fourth-order valence-electron chi connectivity index (χ4n) is 2.61. The summed E-state index contributed by atoms with van der Waals surface area (Å²) in [5.74, 6) is 0. The third kappa shape index (κ3) is 4.78. The second-order valence-corrected chi connectivity index (χ2v) is 5.73. The summed E-state index contributed by atoms with van der Waals surface area (Å²) in [6.45, 7) is 7.05. The summed E-state index contributed by atoms with van der Waals surface area (Å²) in [5.41, 5.74) is 3.39. The Labute approximate surface area is 126 Å². The predicted octanol–water partition coefficient (Wildman–Crippen LogP) is 0.683. The molecule has 2 unspecified atom stereocenters. The number of rotatable bonds is 8. The highest BCUT2D eigenvalue weighted by Gasteiger charge is 2.16. The number of aliphatic hydroxyl groups excluding tert-OH is 1. The molecule has 0 amide bonds. The quantitative estimate of drug-likeness (QED) is 0.738.